The summed E-state index contributed by atoms with van der Waals surface area (Å²) in [4.78, 5) is 30.3. The van der Waals surface area contributed by atoms with Crippen molar-refractivity contribution < 1.29 is 14.7 Å². The van der Waals surface area contributed by atoms with Crippen molar-refractivity contribution in [2.24, 2.45) is 0 Å². The SMILES string of the molecule is CN(C)C(=O)c1nccnc1C(=O)[O-]. The molecule has 0 unspecified atom stereocenters. The number of nitrogens with zero attached hydrogens (tertiary/aromatic N) is 3. The van der Waals surface area contributed by atoms with Crippen molar-refractivity contribution in [1.29, 1.82) is 0 Å². The molecule has 0 spiro atoms. The van der Waals surface area contributed by atoms with Gasteiger partial charge in [0.15, 0.2) is 5.69 Å². The van der Waals surface area contributed by atoms with E-state index in [-0.39, 0.29) is 5.69 Å². The molecule has 0 aliphatic carbocycles. The van der Waals surface area contributed by atoms with Crippen LogP contribution in [0.2, 0.25) is 0 Å². The molecule has 0 aliphatic heterocycles. The second-order valence-corrected chi connectivity index (χ2v) is 2.74. The summed E-state index contributed by atoms with van der Waals surface area (Å²) in [6.07, 6.45) is 2.45. The fraction of sp³-hybridized carbons (Fsp3) is 0.250. The first-order chi connectivity index (χ1) is 6.54. The van der Waals surface area contributed by atoms with E-state index in [1.165, 1.54) is 31.4 Å². The van der Waals surface area contributed by atoms with E-state index in [0.29, 0.717) is 0 Å². The summed E-state index contributed by atoms with van der Waals surface area (Å²) in [6, 6.07) is 0. The van der Waals surface area contributed by atoms with Crippen molar-refractivity contribution in [2.75, 3.05) is 14.1 Å². The van der Waals surface area contributed by atoms with Gasteiger partial charge in [0.1, 0.15) is 5.69 Å². The van der Waals surface area contributed by atoms with Crippen LogP contribution in [0.4, 0.5) is 0 Å². The minimum Gasteiger partial charge on any atom is -0.543 e. The van der Waals surface area contributed by atoms with Gasteiger partial charge in [-0.3, -0.25) is 9.78 Å². The molecule has 0 saturated carbocycles. The van der Waals surface area contributed by atoms with Crippen molar-refractivity contribution >= 4 is 11.9 Å². The predicted molar refractivity (Wildman–Crippen MR) is 44.4 cm³/mol. The molecule has 74 valence electrons. The van der Waals surface area contributed by atoms with Gasteiger partial charge in [-0.2, -0.15) is 0 Å². The maximum Gasteiger partial charge on any atom is 0.274 e. The van der Waals surface area contributed by atoms with Crippen molar-refractivity contribution in [3.8, 4) is 0 Å². The van der Waals surface area contributed by atoms with E-state index in [1.54, 1.807) is 0 Å². The monoisotopic (exact) mass is 194 g/mol. The Balaban J connectivity index is 3.20. The van der Waals surface area contributed by atoms with Crippen LogP contribution >= 0.6 is 0 Å². The first-order valence-electron chi connectivity index (χ1n) is 3.78. The molecule has 1 aromatic heterocycles. The molecule has 0 radical (unpaired) electrons. The molecule has 0 fully saturated rings. The molecule has 1 heterocycles. The summed E-state index contributed by atoms with van der Waals surface area (Å²) in [5, 5.41) is 10.6. The second kappa shape index (κ2) is 3.82. The van der Waals surface area contributed by atoms with Crippen LogP contribution in [0.1, 0.15) is 21.0 Å². The summed E-state index contributed by atoms with van der Waals surface area (Å²) in [5.74, 6) is -2.03. The minimum absolute atomic E-state index is 0.211. The fourth-order valence-corrected chi connectivity index (χ4v) is 0.856. The lowest BCUT2D eigenvalue weighted by Gasteiger charge is -2.12. The normalized spacial score (nSPS) is 9.57. The Morgan fingerprint density at radius 1 is 1.21 bits per heavy atom. The Morgan fingerprint density at radius 2 is 1.71 bits per heavy atom. The highest BCUT2D eigenvalue weighted by molar-refractivity contribution is 6.01. The second-order valence-electron chi connectivity index (χ2n) is 2.74. The minimum atomic E-state index is -1.51. The largest absolute Gasteiger partial charge is 0.543 e. The lowest BCUT2D eigenvalue weighted by molar-refractivity contribution is -0.255. The Bertz CT molecular complexity index is 376. The fourth-order valence-electron chi connectivity index (χ4n) is 0.856. The summed E-state index contributed by atoms with van der Waals surface area (Å²) in [7, 11) is 2.99. The van der Waals surface area contributed by atoms with Gasteiger partial charge in [0.2, 0.25) is 0 Å². The highest BCUT2D eigenvalue weighted by Crippen LogP contribution is 2.02. The van der Waals surface area contributed by atoms with Crippen molar-refractivity contribution in [1.82, 2.24) is 14.9 Å². The van der Waals surface area contributed by atoms with Gasteiger partial charge in [-0.15, -0.1) is 0 Å². The van der Waals surface area contributed by atoms with E-state index in [2.05, 4.69) is 9.97 Å². The van der Waals surface area contributed by atoms with Crippen molar-refractivity contribution in [2.45, 2.75) is 0 Å². The molecule has 0 aromatic carbocycles. The maximum absolute atomic E-state index is 11.4. The average molecular weight is 194 g/mol. The number of amides is 1. The summed E-state index contributed by atoms with van der Waals surface area (Å²) >= 11 is 0. The van der Waals surface area contributed by atoms with Crippen LogP contribution < -0.4 is 5.11 Å². The smallest absolute Gasteiger partial charge is 0.274 e. The highest BCUT2D eigenvalue weighted by Gasteiger charge is 2.15. The molecular formula is C8H8N3O3-. The molecule has 0 bridgehead atoms. The van der Waals surface area contributed by atoms with Gasteiger partial charge < -0.3 is 14.8 Å². The number of hydrogen-bond acceptors (Lipinski definition) is 5. The lowest BCUT2D eigenvalue weighted by atomic mass is 10.3. The van der Waals surface area contributed by atoms with E-state index < -0.39 is 17.6 Å². The number of aromatic carboxylic acids is 1. The third-order valence-corrected chi connectivity index (χ3v) is 1.50. The zero-order chi connectivity index (χ0) is 10.7. The third-order valence-electron chi connectivity index (χ3n) is 1.50. The molecule has 6 heteroatoms. The molecule has 1 aromatic rings. The van der Waals surface area contributed by atoms with Gasteiger partial charge in [-0.1, -0.05) is 0 Å². The third kappa shape index (κ3) is 1.85. The number of aromatic nitrogens is 2. The van der Waals surface area contributed by atoms with E-state index in [4.69, 9.17) is 0 Å². The molecular weight excluding hydrogens is 186 g/mol. The van der Waals surface area contributed by atoms with E-state index >= 15 is 0 Å². The quantitative estimate of drug-likeness (QED) is 0.574. The Labute approximate surface area is 80.2 Å². The molecule has 0 saturated heterocycles. The molecule has 0 N–H and O–H groups in total. The first kappa shape index (κ1) is 10.1. The zero-order valence-electron chi connectivity index (χ0n) is 7.72. The zero-order valence-corrected chi connectivity index (χ0v) is 7.72. The van der Waals surface area contributed by atoms with Crippen LogP contribution in [0.5, 0.6) is 0 Å². The van der Waals surface area contributed by atoms with Crippen LogP contribution in [0.25, 0.3) is 0 Å². The number of carboxylic acids is 1. The van der Waals surface area contributed by atoms with Gasteiger partial charge in [-0.25, -0.2) is 4.98 Å². The Kier molecular flexibility index (Phi) is 2.76. The van der Waals surface area contributed by atoms with Crippen LogP contribution in [-0.4, -0.2) is 40.8 Å². The van der Waals surface area contributed by atoms with Gasteiger partial charge in [0.25, 0.3) is 5.91 Å². The average Bonchev–Trinajstić information content (AvgIpc) is 2.16. The van der Waals surface area contributed by atoms with Crippen LogP contribution in [0, 0.1) is 0 Å². The summed E-state index contributed by atoms with van der Waals surface area (Å²) < 4.78 is 0. The topological polar surface area (TPSA) is 86.2 Å². The van der Waals surface area contributed by atoms with E-state index in [9.17, 15) is 14.7 Å². The number of carboxylic acid groups (broad SMARTS) is 1. The summed E-state index contributed by atoms with van der Waals surface area (Å²) in [6.45, 7) is 0. The Hall–Kier alpha value is -1.98. The van der Waals surface area contributed by atoms with Gasteiger partial charge in [0, 0.05) is 26.5 Å². The molecule has 1 amide bonds. The molecule has 14 heavy (non-hydrogen) atoms. The van der Waals surface area contributed by atoms with Gasteiger partial charge in [0.05, 0.1) is 5.97 Å². The molecule has 1 rings (SSSR count). The van der Waals surface area contributed by atoms with Crippen molar-refractivity contribution in [3.05, 3.63) is 23.8 Å². The lowest BCUT2D eigenvalue weighted by Crippen LogP contribution is -2.31. The highest BCUT2D eigenvalue weighted by atomic mass is 16.4. The summed E-state index contributed by atoms with van der Waals surface area (Å²) in [5.41, 5.74) is -0.649. The van der Waals surface area contributed by atoms with E-state index in [0.717, 1.165) is 0 Å². The molecule has 0 atom stereocenters. The van der Waals surface area contributed by atoms with E-state index in [1.807, 2.05) is 0 Å². The number of carbonyl (C=O) groups is 2. The first-order valence-corrected chi connectivity index (χ1v) is 3.78. The number of rotatable bonds is 2. The van der Waals surface area contributed by atoms with Gasteiger partial charge >= 0.3 is 0 Å². The van der Waals surface area contributed by atoms with Crippen LogP contribution in [0.3, 0.4) is 0 Å². The molecule has 0 aliphatic rings. The Morgan fingerprint density at radius 3 is 2.14 bits per heavy atom. The predicted octanol–water partition coefficient (Wildman–Crippen LogP) is -1.46. The molecule has 6 nitrogen and oxygen atoms in total. The standard InChI is InChI=1S/C8H9N3O3/c1-11(2)7(12)5-6(8(13)14)10-4-3-9-5/h3-4H,1-2H3,(H,13,14)/p-1. The van der Waals surface area contributed by atoms with Gasteiger partial charge in [-0.05, 0) is 0 Å². The van der Waals surface area contributed by atoms with Crippen LogP contribution in [0.15, 0.2) is 12.4 Å². The maximum atomic E-state index is 11.4. The van der Waals surface area contributed by atoms with Crippen LogP contribution in [-0.2, 0) is 0 Å². The van der Waals surface area contributed by atoms with Crippen molar-refractivity contribution in [3.63, 3.8) is 0 Å². The number of carbonyl (C=O) groups excluding carboxylic acids is 2. The number of hydrogen-bond donors (Lipinski definition) is 0.